The van der Waals surface area contributed by atoms with E-state index in [0.29, 0.717) is 19.4 Å². The zero-order valence-electron chi connectivity index (χ0n) is 10.6. The molecule has 0 saturated heterocycles. The van der Waals surface area contributed by atoms with Gasteiger partial charge in [0.2, 0.25) is 5.91 Å². The van der Waals surface area contributed by atoms with Crippen LogP contribution in [0, 0.1) is 0 Å². The molecule has 1 atom stereocenters. The first-order valence-electron chi connectivity index (χ1n) is 6.34. The quantitative estimate of drug-likeness (QED) is 0.912. The maximum Gasteiger partial charge on any atom is 0.218 e. The van der Waals surface area contributed by atoms with E-state index < -0.39 is 0 Å². The van der Waals surface area contributed by atoms with Gasteiger partial charge in [-0.3, -0.25) is 14.5 Å². The zero-order valence-corrected chi connectivity index (χ0v) is 11.4. The van der Waals surface area contributed by atoms with Gasteiger partial charge >= 0.3 is 0 Å². The Hall–Kier alpha value is -1.39. The molecule has 1 aromatic carbocycles. The van der Waals surface area contributed by atoms with E-state index in [0.717, 1.165) is 18.5 Å². The molecule has 0 fully saturated rings. The highest BCUT2D eigenvalue weighted by Crippen LogP contribution is 2.40. The first kappa shape index (κ1) is 14.0. The van der Waals surface area contributed by atoms with E-state index in [-0.39, 0.29) is 30.1 Å². The first-order chi connectivity index (χ1) is 8.66. The Balaban J connectivity index is 0.00000133. The summed E-state index contributed by atoms with van der Waals surface area (Å²) < 4.78 is 0. The molecule has 5 heteroatoms. The van der Waals surface area contributed by atoms with Gasteiger partial charge in [0.15, 0.2) is 5.78 Å². The molecular weight excluding hydrogens is 264 g/mol. The molecule has 2 N–H and O–H groups in total. The van der Waals surface area contributed by atoms with Crippen LogP contribution in [0.3, 0.4) is 0 Å². The molecule has 0 spiro atoms. The number of ketones is 1. The average Bonchev–Trinajstić information content (AvgIpc) is 2.68. The number of benzene rings is 1. The topological polar surface area (TPSA) is 63.4 Å². The third kappa shape index (κ3) is 2.38. The molecule has 19 heavy (non-hydrogen) atoms. The molecule has 1 aromatic rings. The normalized spacial score (nSPS) is 20.8. The van der Waals surface area contributed by atoms with Crippen LogP contribution >= 0.6 is 12.4 Å². The highest BCUT2D eigenvalue weighted by Gasteiger charge is 2.37. The third-order valence-corrected chi connectivity index (χ3v) is 3.96. The maximum atomic E-state index is 12.0. The smallest absolute Gasteiger partial charge is 0.218 e. The molecule has 1 aliphatic heterocycles. The highest BCUT2D eigenvalue weighted by atomic mass is 35.5. The van der Waals surface area contributed by atoms with Gasteiger partial charge in [-0.1, -0.05) is 18.2 Å². The second kappa shape index (κ2) is 5.31. The number of Topliss-reactive ketones (excluding diaryl/α,β-unsaturated/α-hetero) is 1. The van der Waals surface area contributed by atoms with Crippen LogP contribution in [0.2, 0.25) is 0 Å². The highest BCUT2D eigenvalue weighted by molar-refractivity contribution is 6.01. The fourth-order valence-electron chi connectivity index (χ4n) is 3.11. The summed E-state index contributed by atoms with van der Waals surface area (Å²) in [7, 11) is 0. The number of halogens is 1. The van der Waals surface area contributed by atoms with Crippen molar-refractivity contribution in [2.24, 2.45) is 5.73 Å². The summed E-state index contributed by atoms with van der Waals surface area (Å²) in [5, 5.41) is 0. The molecule has 1 amide bonds. The Morgan fingerprint density at radius 3 is 2.95 bits per heavy atom. The molecule has 1 unspecified atom stereocenters. The van der Waals surface area contributed by atoms with Gasteiger partial charge in [0.1, 0.15) is 0 Å². The van der Waals surface area contributed by atoms with Crippen LogP contribution in [0.15, 0.2) is 18.2 Å². The average molecular weight is 281 g/mol. The SMILES string of the molecule is Cl.NC(=O)CCN1CCc2cccc3c2C1CC3=O. The summed E-state index contributed by atoms with van der Waals surface area (Å²) in [6, 6.07) is 6.15. The fourth-order valence-corrected chi connectivity index (χ4v) is 3.11. The monoisotopic (exact) mass is 280 g/mol. The Morgan fingerprint density at radius 2 is 2.21 bits per heavy atom. The molecule has 0 bridgehead atoms. The number of amides is 1. The zero-order chi connectivity index (χ0) is 12.7. The van der Waals surface area contributed by atoms with Gasteiger partial charge in [-0.05, 0) is 17.5 Å². The number of primary amides is 1. The summed E-state index contributed by atoms with van der Waals surface area (Å²) in [6.45, 7) is 1.56. The van der Waals surface area contributed by atoms with Gasteiger partial charge in [-0.15, -0.1) is 12.4 Å². The molecule has 4 nitrogen and oxygen atoms in total. The third-order valence-electron chi connectivity index (χ3n) is 3.96. The maximum absolute atomic E-state index is 12.0. The minimum atomic E-state index is -0.279. The summed E-state index contributed by atoms with van der Waals surface area (Å²) in [6.07, 6.45) is 1.86. The summed E-state index contributed by atoms with van der Waals surface area (Å²) in [4.78, 5) is 25.1. The van der Waals surface area contributed by atoms with Gasteiger partial charge in [0, 0.05) is 37.5 Å². The van der Waals surface area contributed by atoms with Crippen LogP contribution in [0.5, 0.6) is 0 Å². The largest absolute Gasteiger partial charge is 0.370 e. The van der Waals surface area contributed by atoms with Crippen LogP contribution in [-0.2, 0) is 11.2 Å². The molecule has 3 rings (SSSR count). The van der Waals surface area contributed by atoms with Crippen LogP contribution < -0.4 is 5.73 Å². The van der Waals surface area contributed by atoms with Crippen molar-refractivity contribution in [3.63, 3.8) is 0 Å². The molecule has 1 aliphatic carbocycles. The van der Waals surface area contributed by atoms with E-state index in [9.17, 15) is 9.59 Å². The lowest BCUT2D eigenvalue weighted by Crippen LogP contribution is -2.36. The minimum Gasteiger partial charge on any atom is -0.370 e. The van der Waals surface area contributed by atoms with Gasteiger partial charge < -0.3 is 5.73 Å². The molecule has 0 radical (unpaired) electrons. The van der Waals surface area contributed by atoms with Gasteiger partial charge in [-0.2, -0.15) is 0 Å². The van der Waals surface area contributed by atoms with Crippen molar-refractivity contribution >= 4 is 24.1 Å². The van der Waals surface area contributed by atoms with E-state index in [1.54, 1.807) is 0 Å². The van der Waals surface area contributed by atoms with Crippen LogP contribution in [0.1, 0.15) is 40.4 Å². The first-order valence-corrected chi connectivity index (χ1v) is 6.34. The predicted octanol–water partition coefficient (Wildman–Crippen LogP) is 1.47. The summed E-state index contributed by atoms with van der Waals surface area (Å²) in [5.41, 5.74) is 8.56. The van der Waals surface area contributed by atoms with Gasteiger partial charge in [-0.25, -0.2) is 0 Å². The van der Waals surface area contributed by atoms with Crippen molar-refractivity contribution in [1.29, 1.82) is 0 Å². The van der Waals surface area contributed by atoms with Crippen molar-refractivity contribution in [1.82, 2.24) is 4.90 Å². The van der Waals surface area contributed by atoms with Crippen LogP contribution in [0.25, 0.3) is 0 Å². The molecule has 102 valence electrons. The van der Waals surface area contributed by atoms with E-state index in [4.69, 9.17) is 5.73 Å². The number of hydrogen-bond acceptors (Lipinski definition) is 3. The van der Waals surface area contributed by atoms with E-state index in [1.165, 1.54) is 11.1 Å². The molecule has 0 aromatic heterocycles. The number of carbonyl (C=O) groups excluding carboxylic acids is 2. The number of rotatable bonds is 3. The number of carbonyl (C=O) groups is 2. The Labute approximate surface area is 118 Å². The van der Waals surface area contributed by atoms with Crippen molar-refractivity contribution in [3.05, 3.63) is 34.9 Å². The van der Waals surface area contributed by atoms with E-state index in [1.807, 2.05) is 12.1 Å². The molecule has 1 heterocycles. The number of hydrogen-bond donors (Lipinski definition) is 1. The Kier molecular flexibility index (Phi) is 3.92. The van der Waals surface area contributed by atoms with Crippen molar-refractivity contribution in [2.45, 2.75) is 25.3 Å². The Morgan fingerprint density at radius 1 is 1.42 bits per heavy atom. The van der Waals surface area contributed by atoms with Gasteiger partial charge in [0.05, 0.1) is 0 Å². The second-order valence-corrected chi connectivity index (χ2v) is 5.02. The van der Waals surface area contributed by atoms with Crippen molar-refractivity contribution < 1.29 is 9.59 Å². The summed E-state index contributed by atoms with van der Waals surface area (Å²) in [5.74, 6) is -0.0544. The Bertz CT molecular complexity index is 530. The standard InChI is InChI=1S/C14H16N2O2.ClH/c15-13(18)5-7-16-6-4-9-2-1-3-10-12(17)8-11(16)14(9)10;/h1-3,11H,4-8H2,(H2,15,18);1H. The van der Waals surface area contributed by atoms with Crippen LogP contribution in [-0.4, -0.2) is 29.7 Å². The van der Waals surface area contributed by atoms with Crippen molar-refractivity contribution in [2.75, 3.05) is 13.1 Å². The van der Waals surface area contributed by atoms with E-state index in [2.05, 4.69) is 11.0 Å². The van der Waals surface area contributed by atoms with E-state index >= 15 is 0 Å². The molecular formula is C14H17ClN2O2. The molecule has 2 aliphatic rings. The lowest BCUT2D eigenvalue weighted by Gasteiger charge is -2.34. The number of nitrogens with zero attached hydrogens (tertiary/aromatic N) is 1. The predicted molar refractivity (Wildman–Crippen MR) is 74.5 cm³/mol. The number of nitrogens with two attached hydrogens (primary N) is 1. The summed E-state index contributed by atoms with van der Waals surface area (Å²) >= 11 is 0. The lowest BCUT2D eigenvalue weighted by molar-refractivity contribution is -0.118. The molecule has 0 saturated carbocycles. The van der Waals surface area contributed by atoms with Crippen LogP contribution in [0.4, 0.5) is 0 Å². The fraction of sp³-hybridized carbons (Fsp3) is 0.429. The van der Waals surface area contributed by atoms with Crippen molar-refractivity contribution in [3.8, 4) is 0 Å². The minimum absolute atomic E-state index is 0. The second-order valence-electron chi connectivity index (χ2n) is 5.02. The van der Waals surface area contributed by atoms with Gasteiger partial charge in [0.25, 0.3) is 0 Å². The lowest BCUT2D eigenvalue weighted by atomic mass is 9.93.